The molecule has 3 aromatic rings. The van der Waals surface area contributed by atoms with Gasteiger partial charge in [0.1, 0.15) is 22.8 Å². The highest BCUT2D eigenvalue weighted by Crippen LogP contribution is 2.45. The van der Waals surface area contributed by atoms with Gasteiger partial charge in [-0.2, -0.15) is 0 Å². The Morgan fingerprint density at radius 3 is 2.09 bits per heavy atom. The SMILES string of the molecule is CC1Cc2c(n(C(=O)OC(C)(C)C)c3ccccc23)C(c2c(F)cc([C@@H](O)C3CN(C(=O)OC(C)(C)C)C3)cc2F)N1CC(F)F. The van der Waals surface area contributed by atoms with Crippen molar-refractivity contribution < 1.29 is 41.7 Å². The molecule has 250 valence electrons. The lowest BCUT2D eigenvalue weighted by atomic mass is 9.85. The van der Waals surface area contributed by atoms with E-state index in [2.05, 4.69) is 0 Å². The van der Waals surface area contributed by atoms with Crippen LogP contribution >= 0.6 is 0 Å². The maximum Gasteiger partial charge on any atom is 0.419 e. The number of rotatable bonds is 5. The normalized spacial score (nSPS) is 20.1. The van der Waals surface area contributed by atoms with Crippen molar-refractivity contribution in [3.8, 4) is 0 Å². The summed E-state index contributed by atoms with van der Waals surface area (Å²) in [5.74, 6) is -2.60. The average molecular weight is 648 g/mol. The fraction of sp³-hybridized carbons (Fsp3) is 0.529. The Morgan fingerprint density at radius 2 is 1.52 bits per heavy atom. The second-order valence-electron chi connectivity index (χ2n) is 14.2. The minimum absolute atomic E-state index is 0.0511. The van der Waals surface area contributed by atoms with Gasteiger partial charge in [0.05, 0.1) is 29.9 Å². The summed E-state index contributed by atoms with van der Waals surface area (Å²) in [5.41, 5.74) is -0.968. The van der Waals surface area contributed by atoms with Gasteiger partial charge in [0.25, 0.3) is 6.43 Å². The largest absolute Gasteiger partial charge is 0.444 e. The van der Waals surface area contributed by atoms with Gasteiger partial charge in [0, 0.05) is 36.0 Å². The molecule has 2 aromatic carbocycles. The van der Waals surface area contributed by atoms with Crippen LogP contribution in [0.15, 0.2) is 36.4 Å². The fourth-order valence-corrected chi connectivity index (χ4v) is 6.40. The van der Waals surface area contributed by atoms with Crippen LogP contribution in [0, 0.1) is 17.6 Å². The molecule has 1 saturated heterocycles. The van der Waals surface area contributed by atoms with Crippen LogP contribution in [0.3, 0.4) is 0 Å². The first-order valence-corrected chi connectivity index (χ1v) is 15.4. The minimum Gasteiger partial charge on any atom is -0.444 e. The van der Waals surface area contributed by atoms with Crippen molar-refractivity contribution in [3.05, 3.63) is 70.4 Å². The van der Waals surface area contributed by atoms with E-state index in [9.17, 15) is 23.5 Å². The summed E-state index contributed by atoms with van der Waals surface area (Å²) in [6.07, 6.45) is -5.23. The number of para-hydroxylation sites is 1. The molecule has 8 nitrogen and oxygen atoms in total. The molecule has 1 fully saturated rings. The summed E-state index contributed by atoms with van der Waals surface area (Å²) >= 11 is 0. The Balaban J connectivity index is 1.58. The number of nitrogens with zero attached hydrogens (tertiary/aromatic N) is 3. The van der Waals surface area contributed by atoms with Crippen LogP contribution < -0.4 is 0 Å². The predicted octanol–water partition coefficient (Wildman–Crippen LogP) is 7.20. The number of benzene rings is 2. The predicted molar refractivity (Wildman–Crippen MR) is 164 cm³/mol. The molecular weight excluding hydrogens is 606 g/mol. The van der Waals surface area contributed by atoms with E-state index in [1.54, 1.807) is 72.7 Å². The summed E-state index contributed by atoms with van der Waals surface area (Å²) in [5, 5.41) is 11.7. The highest BCUT2D eigenvalue weighted by atomic mass is 19.3. The molecule has 2 unspecified atom stereocenters. The molecule has 1 amide bonds. The zero-order valence-electron chi connectivity index (χ0n) is 27.1. The monoisotopic (exact) mass is 647 g/mol. The van der Waals surface area contributed by atoms with Gasteiger partial charge in [-0.15, -0.1) is 0 Å². The molecule has 3 atom stereocenters. The molecule has 0 aliphatic carbocycles. The third kappa shape index (κ3) is 6.60. The van der Waals surface area contributed by atoms with Crippen LogP contribution in [0.5, 0.6) is 0 Å². The number of carbonyl (C=O) groups excluding carboxylic acids is 2. The van der Waals surface area contributed by atoms with Gasteiger partial charge in [-0.1, -0.05) is 18.2 Å². The molecule has 1 aromatic heterocycles. The van der Waals surface area contributed by atoms with Gasteiger partial charge in [0.2, 0.25) is 0 Å². The van der Waals surface area contributed by atoms with E-state index in [-0.39, 0.29) is 30.8 Å². The van der Waals surface area contributed by atoms with E-state index in [4.69, 9.17) is 9.47 Å². The maximum atomic E-state index is 16.2. The number of fused-ring (bicyclic) bond motifs is 3. The number of aliphatic hydroxyl groups is 1. The van der Waals surface area contributed by atoms with E-state index in [1.807, 2.05) is 0 Å². The smallest absolute Gasteiger partial charge is 0.419 e. The molecule has 46 heavy (non-hydrogen) atoms. The molecule has 0 bridgehead atoms. The van der Waals surface area contributed by atoms with Crippen LogP contribution in [-0.4, -0.2) is 75.0 Å². The first kappa shape index (κ1) is 33.7. The van der Waals surface area contributed by atoms with E-state index in [0.29, 0.717) is 16.5 Å². The molecule has 2 aliphatic rings. The lowest BCUT2D eigenvalue weighted by Gasteiger charge is -2.42. The van der Waals surface area contributed by atoms with Crippen LogP contribution in [0.1, 0.15) is 83.0 Å². The van der Waals surface area contributed by atoms with Gasteiger partial charge >= 0.3 is 12.2 Å². The number of aliphatic hydroxyl groups excluding tert-OH is 1. The van der Waals surface area contributed by atoms with Crippen molar-refractivity contribution in [2.24, 2.45) is 5.92 Å². The van der Waals surface area contributed by atoms with E-state index < -0.39 is 77.7 Å². The molecular formula is C34H41F4N3O5. The third-order valence-corrected chi connectivity index (χ3v) is 8.33. The van der Waals surface area contributed by atoms with Crippen LogP contribution in [0.2, 0.25) is 0 Å². The highest BCUT2D eigenvalue weighted by molar-refractivity contribution is 5.94. The van der Waals surface area contributed by atoms with E-state index in [1.165, 1.54) is 14.4 Å². The Kier molecular flexibility index (Phi) is 8.93. The lowest BCUT2D eigenvalue weighted by molar-refractivity contribution is -0.0316. The molecule has 12 heteroatoms. The number of halogens is 4. The second-order valence-corrected chi connectivity index (χ2v) is 14.2. The average Bonchev–Trinajstić information content (AvgIpc) is 3.20. The number of aromatic nitrogens is 1. The lowest BCUT2D eigenvalue weighted by Crippen LogP contribution is -2.53. The van der Waals surface area contributed by atoms with Crippen molar-refractivity contribution in [1.82, 2.24) is 14.4 Å². The van der Waals surface area contributed by atoms with E-state index >= 15 is 8.78 Å². The first-order valence-electron chi connectivity index (χ1n) is 15.4. The molecule has 3 heterocycles. The van der Waals surface area contributed by atoms with Crippen molar-refractivity contribution in [2.75, 3.05) is 19.6 Å². The molecule has 0 saturated carbocycles. The van der Waals surface area contributed by atoms with Crippen LogP contribution in [0.4, 0.5) is 27.2 Å². The summed E-state index contributed by atoms with van der Waals surface area (Å²) in [6.45, 7) is 11.4. The number of amides is 1. The van der Waals surface area contributed by atoms with Gasteiger partial charge in [-0.25, -0.2) is 31.7 Å². The van der Waals surface area contributed by atoms with Gasteiger partial charge in [-0.05, 0) is 84.2 Å². The first-order chi connectivity index (χ1) is 21.4. The van der Waals surface area contributed by atoms with Crippen molar-refractivity contribution in [1.29, 1.82) is 0 Å². The number of hydrogen-bond acceptors (Lipinski definition) is 6. The van der Waals surface area contributed by atoms with Crippen LogP contribution in [-0.2, 0) is 15.9 Å². The van der Waals surface area contributed by atoms with Gasteiger partial charge in [0.15, 0.2) is 0 Å². The zero-order valence-corrected chi connectivity index (χ0v) is 27.1. The number of alkyl halides is 2. The van der Waals surface area contributed by atoms with Gasteiger partial charge < -0.3 is 19.5 Å². The second kappa shape index (κ2) is 12.2. The minimum atomic E-state index is -2.83. The number of carbonyl (C=O) groups is 2. The summed E-state index contributed by atoms with van der Waals surface area (Å²) in [6, 6.07) is 6.97. The van der Waals surface area contributed by atoms with Crippen molar-refractivity contribution >= 4 is 23.1 Å². The zero-order chi connectivity index (χ0) is 33.9. The molecule has 1 N–H and O–H groups in total. The fourth-order valence-electron chi connectivity index (χ4n) is 6.40. The quantitative estimate of drug-likeness (QED) is 0.295. The Morgan fingerprint density at radius 1 is 0.957 bits per heavy atom. The molecule has 0 radical (unpaired) electrons. The molecule has 5 rings (SSSR count). The van der Waals surface area contributed by atoms with Gasteiger partial charge in [-0.3, -0.25) is 4.90 Å². The standard InChI is InChI=1S/C34H41F4N3O5/c1-18-12-22-21-10-8-9-11-25(21)41(32(44)46-34(5,6)7)28(22)29(40(18)17-26(37)38)27-23(35)13-19(14-24(27)36)30(42)20-15-39(16-20)31(43)45-33(2,3)4/h8-11,13-14,18,20,26,29-30,42H,12,15-17H2,1-7H3/t18?,29?,30-/m1/s1. The Labute approximate surface area is 265 Å². The number of ether oxygens (including phenoxy) is 2. The van der Waals surface area contributed by atoms with E-state index in [0.717, 1.165) is 12.1 Å². The summed E-state index contributed by atoms with van der Waals surface area (Å²) in [4.78, 5) is 28.7. The van der Waals surface area contributed by atoms with Crippen molar-refractivity contribution in [2.45, 2.75) is 90.7 Å². The maximum absolute atomic E-state index is 16.2. The number of hydrogen-bond donors (Lipinski definition) is 1. The molecule has 2 aliphatic heterocycles. The molecule has 0 spiro atoms. The van der Waals surface area contributed by atoms with Crippen molar-refractivity contribution in [3.63, 3.8) is 0 Å². The third-order valence-electron chi connectivity index (χ3n) is 8.33. The number of likely N-dealkylation sites (tertiary alicyclic amines) is 1. The van der Waals surface area contributed by atoms with Crippen LogP contribution in [0.25, 0.3) is 10.9 Å². The summed E-state index contributed by atoms with van der Waals surface area (Å²) in [7, 11) is 0. The summed E-state index contributed by atoms with van der Waals surface area (Å²) < 4.78 is 72.8. The Hall–Kier alpha value is -3.64. The topological polar surface area (TPSA) is 84.2 Å². The highest BCUT2D eigenvalue weighted by Gasteiger charge is 2.44. The Bertz CT molecular complexity index is 1610.